The van der Waals surface area contributed by atoms with Gasteiger partial charge >= 0.3 is 0 Å². The molecule has 0 amide bonds. The molecule has 1 aliphatic carbocycles. The van der Waals surface area contributed by atoms with E-state index in [0.29, 0.717) is 0 Å². The summed E-state index contributed by atoms with van der Waals surface area (Å²) in [5.74, 6) is 0. The summed E-state index contributed by atoms with van der Waals surface area (Å²) in [4.78, 5) is 1.95. The minimum absolute atomic E-state index is 0.719. The predicted molar refractivity (Wildman–Crippen MR) is 74.3 cm³/mol. The summed E-state index contributed by atoms with van der Waals surface area (Å²) >= 11 is 1.56. The van der Waals surface area contributed by atoms with Crippen LogP contribution in [0.2, 0.25) is 0 Å². The summed E-state index contributed by atoms with van der Waals surface area (Å²) in [7, 11) is 0. The lowest BCUT2D eigenvalue weighted by atomic mass is 10.1. The monoisotopic (exact) mass is 254 g/mol. The minimum atomic E-state index is 0.719. The molecule has 3 heteroatoms. The van der Waals surface area contributed by atoms with E-state index in [0.717, 1.165) is 17.5 Å². The summed E-state index contributed by atoms with van der Waals surface area (Å²) in [6.07, 6.45) is 2.61. The molecule has 1 fully saturated rings. The Balaban J connectivity index is 1.87. The van der Waals surface area contributed by atoms with Crippen molar-refractivity contribution in [3.63, 3.8) is 0 Å². The van der Waals surface area contributed by atoms with Crippen molar-refractivity contribution in [3.8, 4) is 16.5 Å². The number of thiophene rings is 1. The van der Waals surface area contributed by atoms with Crippen LogP contribution in [0.3, 0.4) is 0 Å². The molecule has 0 spiro atoms. The first-order valence-electron chi connectivity index (χ1n) is 6.18. The van der Waals surface area contributed by atoms with Crippen LogP contribution >= 0.6 is 11.3 Å². The van der Waals surface area contributed by atoms with Gasteiger partial charge in [0, 0.05) is 17.5 Å². The fourth-order valence-corrected chi connectivity index (χ4v) is 2.86. The Morgan fingerprint density at radius 1 is 1.22 bits per heavy atom. The number of hydrogen-bond donors (Lipinski definition) is 1. The molecule has 1 aliphatic rings. The molecular formula is C15H14N2S. The van der Waals surface area contributed by atoms with Crippen molar-refractivity contribution >= 4 is 11.3 Å². The third-order valence-corrected chi connectivity index (χ3v) is 4.18. The fraction of sp³-hybridized carbons (Fsp3) is 0.267. The predicted octanol–water partition coefficient (Wildman–Crippen LogP) is 3.54. The molecule has 2 nitrogen and oxygen atoms in total. The van der Waals surface area contributed by atoms with Crippen LogP contribution < -0.4 is 5.32 Å². The maximum absolute atomic E-state index is 8.90. The topological polar surface area (TPSA) is 35.8 Å². The summed E-state index contributed by atoms with van der Waals surface area (Å²) < 4.78 is 0. The van der Waals surface area contributed by atoms with Crippen LogP contribution in [0.4, 0.5) is 0 Å². The van der Waals surface area contributed by atoms with Crippen LogP contribution in [0, 0.1) is 11.3 Å². The van der Waals surface area contributed by atoms with E-state index in [4.69, 9.17) is 5.26 Å². The molecular weight excluding hydrogens is 240 g/mol. The van der Waals surface area contributed by atoms with Crippen molar-refractivity contribution in [1.29, 1.82) is 5.26 Å². The van der Waals surface area contributed by atoms with E-state index in [-0.39, 0.29) is 0 Å². The summed E-state index contributed by atoms with van der Waals surface area (Å²) in [6, 6.07) is 15.3. The first-order valence-corrected chi connectivity index (χ1v) is 7.00. The van der Waals surface area contributed by atoms with Crippen molar-refractivity contribution in [2.45, 2.75) is 25.4 Å². The average Bonchev–Trinajstić information content (AvgIpc) is 3.12. The molecule has 0 aliphatic heterocycles. The molecule has 2 aromatic rings. The molecule has 1 aromatic heterocycles. The van der Waals surface area contributed by atoms with Crippen molar-refractivity contribution in [2.24, 2.45) is 0 Å². The number of benzene rings is 1. The number of rotatable bonds is 4. The molecule has 0 bridgehead atoms. The normalized spacial score (nSPS) is 14.4. The summed E-state index contributed by atoms with van der Waals surface area (Å²) in [5, 5.41) is 12.4. The SMILES string of the molecule is N#Cc1ccc(-c2ccccc2CNC2CC2)s1. The first kappa shape index (κ1) is 11.5. The first-order chi connectivity index (χ1) is 8.86. The average molecular weight is 254 g/mol. The van der Waals surface area contributed by atoms with Gasteiger partial charge < -0.3 is 5.32 Å². The van der Waals surface area contributed by atoms with Crippen LogP contribution in [0.1, 0.15) is 23.3 Å². The molecule has 0 radical (unpaired) electrons. The van der Waals surface area contributed by atoms with E-state index in [1.807, 2.05) is 12.1 Å². The smallest absolute Gasteiger partial charge is 0.110 e. The minimum Gasteiger partial charge on any atom is -0.310 e. The lowest BCUT2D eigenvalue weighted by molar-refractivity contribution is 0.689. The summed E-state index contributed by atoms with van der Waals surface area (Å²) in [6.45, 7) is 0.917. The molecule has 18 heavy (non-hydrogen) atoms. The fourth-order valence-electron chi connectivity index (χ4n) is 2.00. The van der Waals surface area contributed by atoms with Crippen molar-refractivity contribution in [2.75, 3.05) is 0 Å². The van der Waals surface area contributed by atoms with Gasteiger partial charge in [-0.3, -0.25) is 0 Å². The Kier molecular flexibility index (Phi) is 3.14. The molecule has 1 aromatic carbocycles. The van der Waals surface area contributed by atoms with E-state index >= 15 is 0 Å². The zero-order valence-electron chi connectivity index (χ0n) is 10.0. The van der Waals surface area contributed by atoms with Crippen LogP contribution in [-0.2, 0) is 6.54 Å². The molecule has 0 unspecified atom stereocenters. The second-order valence-corrected chi connectivity index (χ2v) is 5.67. The lowest BCUT2D eigenvalue weighted by Gasteiger charge is -2.08. The Morgan fingerprint density at radius 3 is 2.78 bits per heavy atom. The van der Waals surface area contributed by atoms with Gasteiger partial charge in [0.05, 0.1) is 0 Å². The van der Waals surface area contributed by atoms with Crippen molar-refractivity contribution < 1.29 is 0 Å². The number of nitrogens with one attached hydrogen (secondary N) is 1. The quantitative estimate of drug-likeness (QED) is 0.906. The van der Waals surface area contributed by atoms with Gasteiger partial charge in [0.25, 0.3) is 0 Å². The lowest BCUT2D eigenvalue weighted by Crippen LogP contribution is -2.15. The van der Waals surface area contributed by atoms with E-state index < -0.39 is 0 Å². The third-order valence-electron chi connectivity index (χ3n) is 3.16. The maximum Gasteiger partial charge on any atom is 0.110 e. The van der Waals surface area contributed by atoms with E-state index in [2.05, 4.69) is 35.7 Å². The van der Waals surface area contributed by atoms with Gasteiger partial charge in [-0.2, -0.15) is 5.26 Å². The van der Waals surface area contributed by atoms with Gasteiger partial charge in [-0.1, -0.05) is 24.3 Å². The van der Waals surface area contributed by atoms with Crippen molar-refractivity contribution in [3.05, 3.63) is 46.8 Å². The van der Waals surface area contributed by atoms with Gasteiger partial charge in [-0.15, -0.1) is 11.3 Å². The van der Waals surface area contributed by atoms with E-state index in [9.17, 15) is 0 Å². The number of nitrogens with zero attached hydrogens (tertiary/aromatic N) is 1. The molecule has 1 saturated carbocycles. The van der Waals surface area contributed by atoms with Gasteiger partial charge in [0.1, 0.15) is 10.9 Å². The zero-order chi connectivity index (χ0) is 12.4. The highest BCUT2D eigenvalue weighted by atomic mass is 32.1. The third kappa shape index (κ3) is 2.45. The molecule has 1 N–H and O–H groups in total. The Morgan fingerprint density at radius 2 is 2.06 bits per heavy atom. The van der Waals surface area contributed by atoms with Crippen LogP contribution in [-0.4, -0.2) is 6.04 Å². The largest absolute Gasteiger partial charge is 0.310 e. The molecule has 3 rings (SSSR count). The highest BCUT2D eigenvalue weighted by molar-refractivity contribution is 7.16. The molecule has 0 atom stereocenters. The molecule has 0 saturated heterocycles. The Hall–Kier alpha value is -1.63. The Bertz CT molecular complexity index is 591. The van der Waals surface area contributed by atoms with Crippen molar-refractivity contribution in [1.82, 2.24) is 5.32 Å². The van der Waals surface area contributed by atoms with Crippen LogP contribution in [0.25, 0.3) is 10.4 Å². The second-order valence-electron chi connectivity index (χ2n) is 4.59. The van der Waals surface area contributed by atoms with Crippen LogP contribution in [0.15, 0.2) is 36.4 Å². The van der Waals surface area contributed by atoms with Gasteiger partial charge in [-0.25, -0.2) is 0 Å². The van der Waals surface area contributed by atoms with E-state index in [1.54, 1.807) is 11.3 Å². The van der Waals surface area contributed by atoms with E-state index in [1.165, 1.54) is 28.8 Å². The van der Waals surface area contributed by atoms with Gasteiger partial charge in [0.15, 0.2) is 0 Å². The molecule has 1 heterocycles. The zero-order valence-corrected chi connectivity index (χ0v) is 10.8. The highest BCUT2D eigenvalue weighted by Crippen LogP contribution is 2.31. The number of hydrogen-bond acceptors (Lipinski definition) is 3. The Labute approximate surface area is 111 Å². The van der Waals surface area contributed by atoms with Gasteiger partial charge in [-0.05, 0) is 36.1 Å². The molecule has 90 valence electrons. The summed E-state index contributed by atoms with van der Waals surface area (Å²) in [5.41, 5.74) is 2.56. The standard InChI is InChI=1S/C15H14N2S/c16-9-13-7-8-15(18-13)14-4-2-1-3-11(14)10-17-12-5-6-12/h1-4,7-8,12,17H,5-6,10H2. The number of nitriles is 1. The second kappa shape index (κ2) is 4.93. The maximum atomic E-state index is 8.90. The van der Waals surface area contributed by atoms with Crippen LogP contribution in [0.5, 0.6) is 0 Å². The highest BCUT2D eigenvalue weighted by Gasteiger charge is 2.20. The van der Waals surface area contributed by atoms with Gasteiger partial charge in [0.2, 0.25) is 0 Å².